The van der Waals surface area contributed by atoms with Gasteiger partial charge >= 0.3 is 0 Å². The van der Waals surface area contributed by atoms with Crippen molar-refractivity contribution < 1.29 is 18.3 Å². The van der Waals surface area contributed by atoms with Crippen LogP contribution in [0.15, 0.2) is 47.4 Å². The van der Waals surface area contributed by atoms with Gasteiger partial charge in [-0.1, -0.05) is 55.8 Å². The molecule has 26 heavy (non-hydrogen) atoms. The van der Waals surface area contributed by atoms with Crippen LogP contribution < -0.4 is 0 Å². The molecule has 0 saturated carbocycles. The zero-order chi connectivity index (χ0) is 19.1. The summed E-state index contributed by atoms with van der Waals surface area (Å²) in [4.78, 5) is 0.329. The molecule has 2 atom stereocenters. The molecule has 1 heterocycles. The average Bonchev–Trinajstić information content (AvgIpc) is 2.59. The monoisotopic (exact) mass is 374 g/mol. The van der Waals surface area contributed by atoms with Gasteiger partial charge in [-0.25, -0.2) is 8.42 Å². The van der Waals surface area contributed by atoms with E-state index in [4.69, 9.17) is 4.74 Å². The van der Waals surface area contributed by atoms with Crippen LogP contribution >= 0.6 is 0 Å². The van der Waals surface area contributed by atoms with Gasteiger partial charge in [-0.05, 0) is 29.7 Å². The Kier molecular flexibility index (Phi) is 4.99. The molecule has 1 N–H and O–H groups in total. The maximum Gasteiger partial charge on any atom is 0.179 e. The van der Waals surface area contributed by atoms with E-state index in [1.54, 1.807) is 13.2 Å². The lowest BCUT2D eigenvalue weighted by atomic mass is 9.75. The molecule has 4 nitrogen and oxygen atoms in total. The SMILES string of the molecule is COCc1cccc([C@@H]2c3cc(C)ccc3S(=O)(=O)CC(C)(C)[C@@H]2O)c1. The van der Waals surface area contributed by atoms with E-state index in [0.29, 0.717) is 17.1 Å². The second-order valence-electron chi connectivity index (χ2n) is 7.89. The molecule has 0 fully saturated rings. The summed E-state index contributed by atoms with van der Waals surface area (Å²) in [6.07, 6.45) is -0.821. The first-order valence-corrected chi connectivity index (χ1v) is 10.4. The van der Waals surface area contributed by atoms with Gasteiger partial charge in [-0.3, -0.25) is 0 Å². The molecule has 0 saturated heterocycles. The Morgan fingerprint density at radius 3 is 2.62 bits per heavy atom. The van der Waals surface area contributed by atoms with E-state index >= 15 is 0 Å². The zero-order valence-corrected chi connectivity index (χ0v) is 16.5. The summed E-state index contributed by atoms with van der Waals surface area (Å²) in [6, 6.07) is 13.2. The second-order valence-corrected chi connectivity index (χ2v) is 9.85. The van der Waals surface area contributed by atoms with E-state index in [1.165, 1.54) is 0 Å². The minimum Gasteiger partial charge on any atom is -0.392 e. The highest BCUT2D eigenvalue weighted by Crippen LogP contribution is 2.44. The summed E-state index contributed by atoms with van der Waals surface area (Å²) >= 11 is 0. The lowest BCUT2D eigenvalue weighted by Gasteiger charge is -2.33. The number of methoxy groups -OCH3 is 1. The molecule has 0 amide bonds. The lowest BCUT2D eigenvalue weighted by Crippen LogP contribution is -2.38. The zero-order valence-electron chi connectivity index (χ0n) is 15.7. The molecule has 0 unspecified atom stereocenters. The first kappa shape index (κ1) is 19.1. The summed E-state index contributed by atoms with van der Waals surface area (Å²) < 4.78 is 31.2. The van der Waals surface area contributed by atoms with Crippen LogP contribution in [0.1, 0.15) is 42.0 Å². The van der Waals surface area contributed by atoms with Crippen LogP contribution in [-0.2, 0) is 21.2 Å². The predicted molar refractivity (Wildman–Crippen MR) is 102 cm³/mol. The summed E-state index contributed by atoms with van der Waals surface area (Å²) in [5.41, 5.74) is 2.79. The van der Waals surface area contributed by atoms with Gasteiger partial charge in [0, 0.05) is 18.4 Å². The molecule has 0 bridgehead atoms. The fraction of sp³-hybridized carbons (Fsp3) is 0.429. The van der Waals surface area contributed by atoms with Crippen LogP contribution in [0.5, 0.6) is 0 Å². The van der Waals surface area contributed by atoms with E-state index in [-0.39, 0.29) is 5.75 Å². The van der Waals surface area contributed by atoms with Gasteiger partial charge in [0.2, 0.25) is 0 Å². The Balaban J connectivity index is 2.27. The second kappa shape index (κ2) is 6.80. The topological polar surface area (TPSA) is 63.6 Å². The van der Waals surface area contributed by atoms with Crippen LogP contribution in [-0.4, -0.2) is 32.5 Å². The van der Waals surface area contributed by atoms with E-state index in [2.05, 4.69) is 0 Å². The van der Waals surface area contributed by atoms with Gasteiger partial charge in [-0.2, -0.15) is 0 Å². The van der Waals surface area contributed by atoms with Crippen LogP contribution in [0, 0.1) is 12.3 Å². The van der Waals surface area contributed by atoms with E-state index in [1.807, 2.05) is 57.2 Å². The average molecular weight is 375 g/mol. The maximum absolute atomic E-state index is 13.0. The number of fused-ring (bicyclic) bond motifs is 1. The highest BCUT2D eigenvalue weighted by Gasteiger charge is 2.44. The molecule has 5 heteroatoms. The third-order valence-electron chi connectivity index (χ3n) is 5.14. The Hall–Kier alpha value is -1.69. The summed E-state index contributed by atoms with van der Waals surface area (Å²) in [5, 5.41) is 11.2. The third kappa shape index (κ3) is 3.43. The number of aliphatic hydroxyl groups excluding tert-OH is 1. The Morgan fingerprint density at radius 1 is 1.19 bits per heavy atom. The molecule has 0 spiro atoms. The molecule has 1 aliphatic heterocycles. The summed E-state index contributed by atoms with van der Waals surface area (Å²) in [5.74, 6) is -0.486. The summed E-state index contributed by atoms with van der Waals surface area (Å²) in [6.45, 7) is 6.05. The Morgan fingerprint density at radius 2 is 1.92 bits per heavy atom. The van der Waals surface area contributed by atoms with Gasteiger partial charge in [0.25, 0.3) is 0 Å². The molecular formula is C21H26O4S. The van der Waals surface area contributed by atoms with Crippen molar-refractivity contribution in [1.82, 2.24) is 0 Å². The van der Waals surface area contributed by atoms with Crippen molar-refractivity contribution in [3.63, 3.8) is 0 Å². The van der Waals surface area contributed by atoms with Crippen molar-refractivity contribution in [2.75, 3.05) is 12.9 Å². The van der Waals surface area contributed by atoms with Gasteiger partial charge in [0.1, 0.15) is 0 Å². The highest BCUT2D eigenvalue weighted by molar-refractivity contribution is 7.91. The molecule has 140 valence electrons. The van der Waals surface area contributed by atoms with Crippen LogP contribution in [0.4, 0.5) is 0 Å². The van der Waals surface area contributed by atoms with Crippen molar-refractivity contribution in [2.45, 2.75) is 44.3 Å². The fourth-order valence-corrected chi connectivity index (χ4v) is 6.00. The van der Waals surface area contributed by atoms with Crippen molar-refractivity contribution in [3.8, 4) is 0 Å². The van der Waals surface area contributed by atoms with Crippen molar-refractivity contribution >= 4 is 9.84 Å². The first-order chi connectivity index (χ1) is 12.2. The molecule has 3 rings (SSSR count). The maximum atomic E-state index is 13.0. The number of aryl methyl sites for hydroxylation is 1. The number of aliphatic hydroxyl groups is 1. The first-order valence-electron chi connectivity index (χ1n) is 8.75. The number of ether oxygens (including phenoxy) is 1. The number of rotatable bonds is 3. The molecule has 1 aliphatic rings. The lowest BCUT2D eigenvalue weighted by molar-refractivity contribution is 0.0520. The highest BCUT2D eigenvalue weighted by atomic mass is 32.2. The quantitative estimate of drug-likeness (QED) is 0.894. The smallest absolute Gasteiger partial charge is 0.179 e. The van der Waals surface area contributed by atoms with Crippen LogP contribution in [0.25, 0.3) is 0 Å². The largest absolute Gasteiger partial charge is 0.392 e. The number of sulfone groups is 1. The Bertz CT molecular complexity index is 915. The summed E-state index contributed by atoms with van der Waals surface area (Å²) in [7, 11) is -1.84. The van der Waals surface area contributed by atoms with Crippen molar-refractivity contribution in [2.24, 2.45) is 5.41 Å². The number of benzene rings is 2. The molecule has 0 aliphatic carbocycles. The van der Waals surface area contributed by atoms with Gasteiger partial charge in [0.05, 0.1) is 23.4 Å². The number of hydrogen-bond acceptors (Lipinski definition) is 4. The number of hydrogen-bond donors (Lipinski definition) is 1. The third-order valence-corrected chi connectivity index (χ3v) is 7.30. The van der Waals surface area contributed by atoms with E-state index in [0.717, 1.165) is 16.7 Å². The van der Waals surface area contributed by atoms with Crippen LogP contribution in [0.2, 0.25) is 0 Å². The Labute approximate surface area is 155 Å². The molecule has 2 aromatic carbocycles. The molecule has 0 radical (unpaired) electrons. The fourth-order valence-electron chi connectivity index (χ4n) is 3.87. The van der Waals surface area contributed by atoms with E-state index in [9.17, 15) is 13.5 Å². The predicted octanol–water partition coefficient (Wildman–Crippen LogP) is 3.45. The minimum absolute atomic E-state index is 0.0779. The van der Waals surface area contributed by atoms with Gasteiger partial charge in [-0.15, -0.1) is 0 Å². The molecule has 0 aromatic heterocycles. The standard InChI is InChI=1S/C21H26O4S/c1-14-8-9-18-17(10-14)19(16-7-5-6-15(11-16)12-25-4)20(22)21(2,3)13-26(18,23)24/h5-11,19-20,22H,12-13H2,1-4H3/t19-,20-/m1/s1. The molecular weight excluding hydrogens is 348 g/mol. The molecule has 2 aromatic rings. The normalized spacial score (nSPS) is 23.9. The van der Waals surface area contributed by atoms with Crippen molar-refractivity contribution in [1.29, 1.82) is 0 Å². The van der Waals surface area contributed by atoms with Crippen LogP contribution in [0.3, 0.4) is 0 Å². The van der Waals surface area contributed by atoms with Crippen molar-refractivity contribution in [3.05, 3.63) is 64.7 Å². The minimum atomic E-state index is -3.48. The van der Waals surface area contributed by atoms with Gasteiger partial charge in [0.15, 0.2) is 9.84 Å². The van der Waals surface area contributed by atoms with E-state index < -0.39 is 27.3 Å². The van der Waals surface area contributed by atoms with Gasteiger partial charge < -0.3 is 9.84 Å².